The summed E-state index contributed by atoms with van der Waals surface area (Å²) in [5.74, 6) is 0.603. The first-order valence-corrected chi connectivity index (χ1v) is 8.02. The van der Waals surface area contributed by atoms with Gasteiger partial charge in [0.15, 0.2) is 0 Å². The summed E-state index contributed by atoms with van der Waals surface area (Å²) in [4.78, 5) is 17.8. The van der Waals surface area contributed by atoms with Crippen molar-refractivity contribution in [3.8, 4) is 0 Å². The first kappa shape index (κ1) is 14.2. The highest BCUT2D eigenvalue weighted by molar-refractivity contribution is 5.68. The van der Waals surface area contributed by atoms with Gasteiger partial charge in [-0.05, 0) is 37.0 Å². The van der Waals surface area contributed by atoms with E-state index in [9.17, 15) is 4.79 Å². The Morgan fingerprint density at radius 3 is 2.87 bits per heavy atom. The maximum Gasteiger partial charge on any atom is 0.410 e. The molecule has 7 heteroatoms. The quantitative estimate of drug-likeness (QED) is 0.864. The summed E-state index contributed by atoms with van der Waals surface area (Å²) in [6.45, 7) is 1.60. The first-order valence-electron chi connectivity index (χ1n) is 8.02. The molecule has 2 fully saturated rings. The Balaban J connectivity index is 1.31. The molecule has 2 aromatic heterocycles. The molecule has 1 aliphatic heterocycles. The SMILES string of the molecule is O=C(OCc1ccncc1)N1CCC(n2cc(C3CC3)nn2)C1. The van der Waals surface area contributed by atoms with Crippen LogP contribution in [0.5, 0.6) is 0 Å². The molecule has 1 aliphatic carbocycles. The van der Waals surface area contributed by atoms with Crippen LogP contribution in [0.4, 0.5) is 4.79 Å². The number of ether oxygens (including phenoxy) is 1. The predicted molar refractivity (Wildman–Crippen MR) is 81.6 cm³/mol. The van der Waals surface area contributed by atoms with E-state index in [-0.39, 0.29) is 18.7 Å². The lowest BCUT2D eigenvalue weighted by atomic mass is 10.2. The van der Waals surface area contributed by atoms with Gasteiger partial charge in [0.25, 0.3) is 0 Å². The van der Waals surface area contributed by atoms with Crippen LogP contribution >= 0.6 is 0 Å². The topological polar surface area (TPSA) is 73.1 Å². The summed E-state index contributed by atoms with van der Waals surface area (Å²) in [6, 6.07) is 3.88. The number of carbonyl (C=O) groups excluding carboxylic acids is 1. The number of pyridine rings is 1. The molecule has 3 heterocycles. The smallest absolute Gasteiger partial charge is 0.410 e. The Bertz CT molecular complexity index is 683. The minimum absolute atomic E-state index is 0.198. The molecule has 0 aromatic carbocycles. The van der Waals surface area contributed by atoms with Crippen LogP contribution in [0.3, 0.4) is 0 Å². The molecule has 23 heavy (non-hydrogen) atoms. The molecule has 0 bridgehead atoms. The summed E-state index contributed by atoms with van der Waals surface area (Å²) in [6.07, 6.45) is 8.47. The maximum atomic E-state index is 12.2. The number of nitrogens with zero attached hydrogens (tertiary/aromatic N) is 5. The number of amides is 1. The third kappa shape index (κ3) is 3.18. The van der Waals surface area contributed by atoms with Crippen LogP contribution in [0, 0.1) is 0 Å². The lowest BCUT2D eigenvalue weighted by molar-refractivity contribution is 0.103. The second kappa shape index (κ2) is 5.98. The van der Waals surface area contributed by atoms with Crippen molar-refractivity contribution in [1.29, 1.82) is 0 Å². The fraction of sp³-hybridized carbons (Fsp3) is 0.500. The molecular formula is C16H19N5O2. The summed E-state index contributed by atoms with van der Waals surface area (Å²) < 4.78 is 7.27. The number of hydrogen-bond donors (Lipinski definition) is 0. The van der Waals surface area contributed by atoms with Crippen LogP contribution in [-0.2, 0) is 11.3 Å². The molecule has 1 amide bonds. The van der Waals surface area contributed by atoms with Crippen molar-refractivity contribution >= 4 is 6.09 Å². The van der Waals surface area contributed by atoms with Crippen molar-refractivity contribution in [2.75, 3.05) is 13.1 Å². The van der Waals surface area contributed by atoms with E-state index in [4.69, 9.17) is 4.74 Å². The minimum atomic E-state index is -0.271. The Morgan fingerprint density at radius 2 is 2.09 bits per heavy atom. The zero-order valence-electron chi connectivity index (χ0n) is 12.8. The van der Waals surface area contributed by atoms with Crippen LogP contribution in [0.25, 0.3) is 0 Å². The van der Waals surface area contributed by atoms with Gasteiger partial charge >= 0.3 is 6.09 Å². The third-order valence-corrected chi connectivity index (χ3v) is 4.43. The lowest BCUT2D eigenvalue weighted by Gasteiger charge is -2.16. The van der Waals surface area contributed by atoms with Gasteiger partial charge in [0.2, 0.25) is 0 Å². The van der Waals surface area contributed by atoms with E-state index in [1.165, 1.54) is 12.8 Å². The zero-order valence-corrected chi connectivity index (χ0v) is 12.8. The standard InChI is InChI=1S/C16H19N5O2/c22-16(23-11-12-3-6-17-7-4-12)20-8-5-14(9-20)21-10-15(18-19-21)13-1-2-13/h3-4,6-7,10,13-14H,1-2,5,8-9,11H2. The third-order valence-electron chi connectivity index (χ3n) is 4.43. The second-order valence-electron chi connectivity index (χ2n) is 6.20. The van der Waals surface area contributed by atoms with E-state index in [0.717, 1.165) is 17.7 Å². The van der Waals surface area contributed by atoms with E-state index in [2.05, 4.69) is 15.3 Å². The van der Waals surface area contributed by atoms with Gasteiger partial charge in [0.1, 0.15) is 6.61 Å². The van der Waals surface area contributed by atoms with Gasteiger partial charge in [0.05, 0.1) is 11.7 Å². The van der Waals surface area contributed by atoms with Gasteiger partial charge in [-0.3, -0.25) is 4.98 Å². The number of rotatable bonds is 4. The predicted octanol–water partition coefficient (Wildman–Crippen LogP) is 2.13. The van der Waals surface area contributed by atoms with Gasteiger partial charge in [-0.2, -0.15) is 0 Å². The van der Waals surface area contributed by atoms with Crippen molar-refractivity contribution < 1.29 is 9.53 Å². The second-order valence-corrected chi connectivity index (χ2v) is 6.20. The highest BCUT2D eigenvalue weighted by atomic mass is 16.6. The van der Waals surface area contributed by atoms with Crippen molar-refractivity contribution in [2.24, 2.45) is 0 Å². The molecule has 1 saturated carbocycles. The first-order chi connectivity index (χ1) is 11.3. The minimum Gasteiger partial charge on any atom is -0.445 e. The summed E-state index contributed by atoms with van der Waals surface area (Å²) in [5, 5.41) is 8.47. The van der Waals surface area contributed by atoms with Crippen LogP contribution < -0.4 is 0 Å². The maximum absolute atomic E-state index is 12.2. The molecule has 1 saturated heterocycles. The molecule has 0 N–H and O–H groups in total. The fourth-order valence-corrected chi connectivity index (χ4v) is 2.87. The normalized spacial score (nSPS) is 20.7. The summed E-state index contributed by atoms with van der Waals surface area (Å²) in [5.41, 5.74) is 2.03. The van der Waals surface area contributed by atoms with Crippen molar-refractivity contribution in [2.45, 2.75) is 37.8 Å². The zero-order chi connectivity index (χ0) is 15.6. The average molecular weight is 313 g/mol. The van der Waals surface area contributed by atoms with E-state index in [0.29, 0.717) is 19.0 Å². The van der Waals surface area contributed by atoms with E-state index >= 15 is 0 Å². The number of carbonyl (C=O) groups is 1. The molecule has 2 aromatic rings. The van der Waals surface area contributed by atoms with Crippen molar-refractivity contribution in [3.63, 3.8) is 0 Å². The molecular weight excluding hydrogens is 294 g/mol. The molecule has 4 rings (SSSR count). The Hall–Kier alpha value is -2.44. The van der Waals surface area contributed by atoms with Crippen LogP contribution in [0.1, 0.15) is 42.5 Å². The van der Waals surface area contributed by atoms with Crippen LogP contribution in [0.15, 0.2) is 30.7 Å². The summed E-state index contributed by atoms with van der Waals surface area (Å²) in [7, 11) is 0. The monoisotopic (exact) mass is 313 g/mol. The van der Waals surface area contributed by atoms with Crippen LogP contribution in [0.2, 0.25) is 0 Å². The number of likely N-dealkylation sites (tertiary alicyclic amines) is 1. The van der Waals surface area contributed by atoms with E-state index in [1.54, 1.807) is 17.3 Å². The van der Waals surface area contributed by atoms with Gasteiger partial charge in [-0.15, -0.1) is 5.10 Å². The Kier molecular flexibility index (Phi) is 3.69. The van der Waals surface area contributed by atoms with Gasteiger partial charge < -0.3 is 9.64 Å². The number of aromatic nitrogens is 4. The van der Waals surface area contributed by atoms with Gasteiger partial charge in [-0.1, -0.05) is 5.21 Å². The average Bonchev–Trinajstić information content (AvgIpc) is 3.12. The molecule has 7 nitrogen and oxygen atoms in total. The summed E-state index contributed by atoms with van der Waals surface area (Å²) >= 11 is 0. The van der Waals surface area contributed by atoms with Crippen LogP contribution in [-0.4, -0.2) is 44.1 Å². The number of hydrogen-bond acceptors (Lipinski definition) is 5. The Morgan fingerprint density at radius 1 is 1.26 bits per heavy atom. The molecule has 1 atom stereocenters. The van der Waals surface area contributed by atoms with Crippen molar-refractivity contribution in [3.05, 3.63) is 42.0 Å². The molecule has 0 spiro atoms. The van der Waals surface area contributed by atoms with E-state index < -0.39 is 0 Å². The molecule has 120 valence electrons. The molecule has 2 aliphatic rings. The van der Waals surface area contributed by atoms with Crippen molar-refractivity contribution in [1.82, 2.24) is 24.9 Å². The largest absolute Gasteiger partial charge is 0.445 e. The highest BCUT2D eigenvalue weighted by Crippen LogP contribution is 2.39. The molecule has 1 unspecified atom stereocenters. The highest BCUT2D eigenvalue weighted by Gasteiger charge is 2.31. The fourth-order valence-electron chi connectivity index (χ4n) is 2.87. The molecule has 0 radical (unpaired) electrons. The van der Waals surface area contributed by atoms with E-state index in [1.807, 2.05) is 23.0 Å². The Labute approximate surface area is 134 Å². The lowest BCUT2D eigenvalue weighted by Crippen LogP contribution is -2.29. The van der Waals surface area contributed by atoms with Gasteiger partial charge in [-0.25, -0.2) is 9.48 Å². The van der Waals surface area contributed by atoms with Gasteiger partial charge in [0, 0.05) is 37.6 Å².